The molecule has 0 unspecified atom stereocenters. The third kappa shape index (κ3) is 5.40. The van der Waals surface area contributed by atoms with E-state index in [0.717, 1.165) is 0 Å². The molecule has 1 aliphatic heterocycles. The van der Waals surface area contributed by atoms with Crippen LogP contribution < -0.4 is 10.2 Å². The maximum atomic E-state index is 12.5. The molecule has 2 rings (SSSR count). The quantitative estimate of drug-likeness (QED) is 0.436. The molecule has 1 aromatic carbocycles. The van der Waals surface area contributed by atoms with Gasteiger partial charge in [-0.3, -0.25) is 14.9 Å². The van der Waals surface area contributed by atoms with Crippen LogP contribution in [0.25, 0.3) is 0 Å². The van der Waals surface area contributed by atoms with Crippen LogP contribution in [0.1, 0.15) is 24.2 Å². The molecule has 1 saturated heterocycles. The van der Waals surface area contributed by atoms with E-state index in [1.54, 1.807) is 6.07 Å². The predicted molar refractivity (Wildman–Crippen MR) is 94.1 cm³/mol. The first-order chi connectivity index (χ1) is 12.0. The van der Waals surface area contributed by atoms with Gasteiger partial charge < -0.3 is 19.7 Å². The van der Waals surface area contributed by atoms with Gasteiger partial charge in [0.05, 0.1) is 30.3 Å². The molecule has 1 amide bonds. The van der Waals surface area contributed by atoms with Crippen LogP contribution >= 0.6 is 0 Å². The molecule has 0 bridgehead atoms. The Morgan fingerprint density at radius 2 is 2.12 bits per heavy atom. The molecule has 1 N–H and O–H groups in total. The number of nitro benzene ring substituents is 1. The Kier molecular flexibility index (Phi) is 7.15. The number of carbonyl (C=O) groups is 1. The van der Waals surface area contributed by atoms with Gasteiger partial charge in [0, 0.05) is 32.3 Å². The molecule has 0 radical (unpaired) electrons. The maximum Gasteiger partial charge on any atom is 0.293 e. The molecule has 8 nitrogen and oxygen atoms in total. The van der Waals surface area contributed by atoms with Gasteiger partial charge in [-0.2, -0.15) is 0 Å². The Balaban J connectivity index is 2.11. The summed E-state index contributed by atoms with van der Waals surface area (Å²) in [5, 5.41) is 14.2. The number of morpholine rings is 1. The van der Waals surface area contributed by atoms with Crippen molar-refractivity contribution in [3.8, 4) is 0 Å². The summed E-state index contributed by atoms with van der Waals surface area (Å²) >= 11 is 0. The number of hydrogen-bond acceptors (Lipinski definition) is 6. The lowest BCUT2D eigenvalue weighted by molar-refractivity contribution is -0.384. The molecule has 138 valence electrons. The van der Waals surface area contributed by atoms with Gasteiger partial charge in [0.1, 0.15) is 5.69 Å². The second-order valence-electron chi connectivity index (χ2n) is 6.25. The first-order valence-electron chi connectivity index (χ1n) is 8.46. The summed E-state index contributed by atoms with van der Waals surface area (Å²) < 4.78 is 10.7. The Morgan fingerprint density at radius 1 is 1.40 bits per heavy atom. The number of rotatable bonds is 8. The van der Waals surface area contributed by atoms with Crippen LogP contribution in [0.2, 0.25) is 0 Å². The van der Waals surface area contributed by atoms with Gasteiger partial charge in [0.2, 0.25) is 0 Å². The molecule has 0 spiro atoms. The molecule has 0 saturated carbocycles. The van der Waals surface area contributed by atoms with Gasteiger partial charge >= 0.3 is 0 Å². The third-order valence-electron chi connectivity index (χ3n) is 3.77. The highest BCUT2D eigenvalue weighted by molar-refractivity contribution is 6.02. The zero-order valence-corrected chi connectivity index (χ0v) is 14.7. The normalized spacial score (nSPS) is 14.6. The van der Waals surface area contributed by atoms with Crippen LogP contribution in [-0.4, -0.2) is 56.9 Å². The average molecular weight is 351 g/mol. The molecule has 0 aromatic heterocycles. The summed E-state index contributed by atoms with van der Waals surface area (Å²) in [5.74, 6) is 0.0961. The summed E-state index contributed by atoms with van der Waals surface area (Å²) in [6.45, 7) is 7.50. The molecule has 25 heavy (non-hydrogen) atoms. The van der Waals surface area contributed by atoms with Gasteiger partial charge in [-0.05, 0) is 12.0 Å². The van der Waals surface area contributed by atoms with E-state index in [4.69, 9.17) is 9.47 Å². The number of ether oxygens (including phenoxy) is 2. The number of nitrogens with one attached hydrogen (secondary N) is 1. The number of para-hydroxylation sites is 1. The van der Waals surface area contributed by atoms with Crippen LogP contribution in [0.3, 0.4) is 0 Å². The Morgan fingerprint density at radius 3 is 2.76 bits per heavy atom. The fraction of sp³-hybridized carbons (Fsp3) is 0.588. The number of anilines is 1. The largest absolute Gasteiger partial charge is 0.379 e. The molecule has 1 fully saturated rings. The van der Waals surface area contributed by atoms with Crippen molar-refractivity contribution in [1.29, 1.82) is 0 Å². The number of hydrogen-bond donors (Lipinski definition) is 1. The molecular weight excluding hydrogens is 326 g/mol. The van der Waals surface area contributed by atoms with E-state index in [-0.39, 0.29) is 11.6 Å². The highest BCUT2D eigenvalue weighted by Crippen LogP contribution is 2.32. The summed E-state index contributed by atoms with van der Waals surface area (Å²) in [6.07, 6.45) is 0. The smallest absolute Gasteiger partial charge is 0.293 e. The van der Waals surface area contributed by atoms with Crippen molar-refractivity contribution in [3.05, 3.63) is 33.9 Å². The Labute approximate surface area is 147 Å². The third-order valence-corrected chi connectivity index (χ3v) is 3.77. The van der Waals surface area contributed by atoms with Crippen LogP contribution in [0.15, 0.2) is 18.2 Å². The summed E-state index contributed by atoms with van der Waals surface area (Å²) in [5.41, 5.74) is 0.599. The monoisotopic (exact) mass is 351 g/mol. The van der Waals surface area contributed by atoms with Crippen LogP contribution in [0.4, 0.5) is 11.4 Å². The average Bonchev–Trinajstić information content (AvgIpc) is 2.61. The second-order valence-corrected chi connectivity index (χ2v) is 6.25. The molecule has 8 heteroatoms. The van der Waals surface area contributed by atoms with Crippen molar-refractivity contribution in [3.63, 3.8) is 0 Å². The van der Waals surface area contributed by atoms with Crippen LogP contribution in [0, 0.1) is 16.0 Å². The lowest BCUT2D eigenvalue weighted by Gasteiger charge is -2.29. The number of carbonyl (C=O) groups excluding carboxylic acids is 1. The van der Waals surface area contributed by atoms with Gasteiger partial charge in [-0.25, -0.2) is 0 Å². The molecule has 0 aliphatic carbocycles. The van der Waals surface area contributed by atoms with E-state index in [1.807, 2.05) is 4.90 Å². The fourth-order valence-electron chi connectivity index (χ4n) is 2.63. The number of benzene rings is 1. The van der Waals surface area contributed by atoms with Crippen molar-refractivity contribution < 1.29 is 19.2 Å². The van der Waals surface area contributed by atoms with Crippen molar-refractivity contribution in [2.24, 2.45) is 5.92 Å². The summed E-state index contributed by atoms with van der Waals surface area (Å²) in [6, 6.07) is 4.57. The highest BCUT2D eigenvalue weighted by atomic mass is 16.6. The molecule has 1 heterocycles. The summed E-state index contributed by atoms with van der Waals surface area (Å²) in [4.78, 5) is 25.3. The van der Waals surface area contributed by atoms with E-state index in [9.17, 15) is 14.9 Å². The second kappa shape index (κ2) is 9.33. The van der Waals surface area contributed by atoms with Gasteiger partial charge in [0.15, 0.2) is 0 Å². The number of nitro groups is 1. The lowest BCUT2D eigenvalue weighted by Crippen LogP contribution is -2.38. The van der Waals surface area contributed by atoms with Crippen molar-refractivity contribution in [1.82, 2.24) is 5.32 Å². The van der Waals surface area contributed by atoms with Gasteiger partial charge in [-0.1, -0.05) is 19.9 Å². The van der Waals surface area contributed by atoms with E-state index in [0.29, 0.717) is 63.2 Å². The zero-order chi connectivity index (χ0) is 18.2. The minimum Gasteiger partial charge on any atom is -0.379 e. The molecule has 1 aliphatic rings. The van der Waals surface area contributed by atoms with Crippen molar-refractivity contribution in [2.45, 2.75) is 13.8 Å². The van der Waals surface area contributed by atoms with Crippen LogP contribution in [0.5, 0.6) is 0 Å². The molecular formula is C17H25N3O5. The molecule has 1 aromatic rings. The minimum absolute atomic E-state index is 0.0643. The van der Waals surface area contributed by atoms with Gasteiger partial charge in [-0.15, -0.1) is 0 Å². The fourth-order valence-corrected chi connectivity index (χ4v) is 2.63. The number of amides is 1. The van der Waals surface area contributed by atoms with Gasteiger partial charge in [0.25, 0.3) is 11.6 Å². The Bertz CT molecular complexity index is 600. The zero-order valence-electron chi connectivity index (χ0n) is 14.7. The van der Waals surface area contributed by atoms with Crippen LogP contribution in [-0.2, 0) is 9.47 Å². The standard InChI is InChI=1S/C17H25N3O5/c1-13(2)12-25-9-6-18-17(21)14-4-3-5-15(20(22)23)16(14)19-7-10-24-11-8-19/h3-5,13H,6-12H2,1-2H3,(H,18,21). The highest BCUT2D eigenvalue weighted by Gasteiger charge is 2.27. The van der Waals surface area contributed by atoms with E-state index < -0.39 is 4.92 Å². The summed E-state index contributed by atoms with van der Waals surface area (Å²) in [7, 11) is 0. The SMILES string of the molecule is CC(C)COCCNC(=O)c1cccc([N+](=O)[O-])c1N1CCOCC1. The lowest BCUT2D eigenvalue weighted by atomic mass is 10.1. The maximum absolute atomic E-state index is 12.5. The first-order valence-corrected chi connectivity index (χ1v) is 8.46. The number of nitrogens with zero attached hydrogens (tertiary/aromatic N) is 2. The van der Waals surface area contributed by atoms with E-state index in [2.05, 4.69) is 19.2 Å². The van der Waals surface area contributed by atoms with E-state index in [1.165, 1.54) is 12.1 Å². The molecule has 0 atom stereocenters. The van der Waals surface area contributed by atoms with Crippen molar-refractivity contribution >= 4 is 17.3 Å². The first kappa shape index (κ1) is 19.1. The Hall–Kier alpha value is -2.19. The van der Waals surface area contributed by atoms with Crippen molar-refractivity contribution in [2.75, 3.05) is 51.0 Å². The topological polar surface area (TPSA) is 93.9 Å². The predicted octanol–water partition coefficient (Wildman–Crippen LogP) is 1.83. The van der Waals surface area contributed by atoms with E-state index >= 15 is 0 Å². The minimum atomic E-state index is -0.451.